The molecular formula is C14H15NO2. The van der Waals surface area contributed by atoms with E-state index in [-0.39, 0.29) is 11.9 Å². The SMILES string of the molecule is CC(C)Oc1ccccc1-c1ccc(O)cn1. The minimum absolute atomic E-state index is 0.119. The molecule has 0 fully saturated rings. The van der Waals surface area contributed by atoms with E-state index >= 15 is 0 Å². The maximum Gasteiger partial charge on any atom is 0.133 e. The van der Waals surface area contributed by atoms with Crippen LogP contribution in [0.5, 0.6) is 11.5 Å². The molecule has 2 aromatic rings. The fraction of sp³-hybridized carbons (Fsp3) is 0.214. The van der Waals surface area contributed by atoms with Crippen molar-refractivity contribution >= 4 is 0 Å². The van der Waals surface area contributed by atoms with E-state index in [2.05, 4.69) is 4.98 Å². The molecule has 3 nitrogen and oxygen atoms in total. The Morgan fingerprint density at radius 1 is 1.12 bits per heavy atom. The zero-order valence-corrected chi connectivity index (χ0v) is 9.92. The monoisotopic (exact) mass is 229 g/mol. The number of nitrogens with zero attached hydrogens (tertiary/aromatic N) is 1. The van der Waals surface area contributed by atoms with Crippen molar-refractivity contribution in [2.75, 3.05) is 0 Å². The first-order chi connectivity index (χ1) is 8.16. The second-order valence-corrected chi connectivity index (χ2v) is 4.06. The summed E-state index contributed by atoms with van der Waals surface area (Å²) in [5.41, 5.74) is 1.72. The normalized spacial score (nSPS) is 10.5. The Morgan fingerprint density at radius 3 is 2.53 bits per heavy atom. The maximum atomic E-state index is 9.22. The number of ether oxygens (including phenoxy) is 1. The fourth-order valence-corrected chi connectivity index (χ4v) is 1.58. The summed E-state index contributed by atoms with van der Waals surface area (Å²) < 4.78 is 5.73. The summed E-state index contributed by atoms with van der Waals surface area (Å²) >= 11 is 0. The Hall–Kier alpha value is -2.03. The zero-order valence-electron chi connectivity index (χ0n) is 9.92. The lowest BCUT2D eigenvalue weighted by atomic mass is 10.1. The van der Waals surface area contributed by atoms with Crippen LogP contribution < -0.4 is 4.74 Å². The molecule has 2 rings (SSSR count). The summed E-state index contributed by atoms with van der Waals surface area (Å²) in [7, 11) is 0. The number of para-hydroxylation sites is 1. The molecule has 0 atom stereocenters. The van der Waals surface area contributed by atoms with Gasteiger partial charge in [0.2, 0.25) is 0 Å². The van der Waals surface area contributed by atoms with Gasteiger partial charge in [-0.25, -0.2) is 0 Å². The Kier molecular flexibility index (Phi) is 3.28. The predicted octanol–water partition coefficient (Wildman–Crippen LogP) is 3.24. The smallest absolute Gasteiger partial charge is 0.133 e. The van der Waals surface area contributed by atoms with Crippen LogP contribution in [0.3, 0.4) is 0 Å². The number of hydrogen-bond donors (Lipinski definition) is 1. The minimum Gasteiger partial charge on any atom is -0.506 e. The molecule has 0 amide bonds. The van der Waals surface area contributed by atoms with Crippen LogP contribution in [0.15, 0.2) is 42.6 Å². The van der Waals surface area contributed by atoms with E-state index in [1.54, 1.807) is 12.1 Å². The summed E-state index contributed by atoms with van der Waals surface area (Å²) in [4.78, 5) is 4.19. The number of pyridine rings is 1. The molecule has 1 heterocycles. The average molecular weight is 229 g/mol. The summed E-state index contributed by atoms with van der Waals surface area (Å²) in [6, 6.07) is 11.1. The Bertz CT molecular complexity index is 492. The van der Waals surface area contributed by atoms with Gasteiger partial charge in [0.05, 0.1) is 18.0 Å². The lowest BCUT2D eigenvalue weighted by molar-refractivity contribution is 0.243. The van der Waals surface area contributed by atoms with Gasteiger partial charge in [0.25, 0.3) is 0 Å². The molecule has 1 N–H and O–H groups in total. The highest BCUT2D eigenvalue weighted by Gasteiger charge is 2.08. The van der Waals surface area contributed by atoms with E-state index < -0.39 is 0 Å². The van der Waals surface area contributed by atoms with E-state index in [1.807, 2.05) is 38.1 Å². The third kappa shape index (κ3) is 2.75. The van der Waals surface area contributed by atoms with Crippen LogP contribution in [-0.2, 0) is 0 Å². The van der Waals surface area contributed by atoms with Crippen LogP contribution in [0.2, 0.25) is 0 Å². The van der Waals surface area contributed by atoms with Gasteiger partial charge >= 0.3 is 0 Å². The average Bonchev–Trinajstić information content (AvgIpc) is 2.30. The first-order valence-electron chi connectivity index (χ1n) is 5.58. The molecule has 0 unspecified atom stereocenters. The molecule has 17 heavy (non-hydrogen) atoms. The lowest BCUT2D eigenvalue weighted by Gasteiger charge is -2.13. The first-order valence-corrected chi connectivity index (χ1v) is 5.58. The van der Waals surface area contributed by atoms with Crippen molar-refractivity contribution in [3.05, 3.63) is 42.6 Å². The lowest BCUT2D eigenvalue weighted by Crippen LogP contribution is -2.06. The summed E-state index contributed by atoms with van der Waals surface area (Å²) in [5, 5.41) is 9.22. The van der Waals surface area contributed by atoms with Crippen LogP contribution in [0.1, 0.15) is 13.8 Å². The highest BCUT2D eigenvalue weighted by atomic mass is 16.5. The molecular weight excluding hydrogens is 214 g/mol. The van der Waals surface area contributed by atoms with Crippen LogP contribution in [0.25, 0.3) is 11.3 Å². The van der Waals surface area contributed by atoms with E-state index in [4.69, 9.17) is 4.74 Å². The van der Waals surface area contributed by atoms with E-state index in [9.17, 15) is 5.11 Å². The number of aromatic nitrogens is 1. The van der Waals surface area contributed by atoms with Crippen molar-refractivity contribution in [3.63, 3.8) is 0 Å². The Balaban J connectivity index is 2.40. The molecule has 88 valence electrons. The van der Waals surface area contributed by atoms with Crippen LogP contribution >= 0.6 is 0 Å². The van der Waals surface area contributed by atoms with Gasteiger partial charge in [-0.1, -0.05) is 12.1 Å². The van der Waals surface area contributed by atoms with Crippen LogP contribution in [-0.4, -0.2) is 16.2 Å². The molecule has 0 aliphatic rings. The van der Waals surface area contributed by atoms with Gasteiger partial charge in [-0.05, 0) is 38.1 Å². The van der Waals surface area contributed by atoms with Crippen molar-refractivity contribution < 1.29 is 9.84 Å². The summed E-state index contributed by atoms with van der Waals surface area (Å²) in [6.07, 6.45) is 1.55. The van der Waals surface area contributed by atoms with Gasteiger partial charge in [-0.3, -0.25) is 4.98 Å². The number of aromatic hydroxyl groups is 1. The Morgan fingerprint density at radius 2 is 1.88 bits per heavy atom. The number of rotatable bonds is 3. The van der Waals surface area contributed by atoms with E-state index in [0.717, 1.165) is 17.0 Å². The molecule has 3 heteroatoms. The topological polar surface area (TPSA) is 42.4 Å². The molecule has 0 aliphatic heterocycles. The quantitative estimate of drug-likeness (QED) is 0.878. The fourth-order valence-electron chi connectivity index (χ4n) is 1.58. The molecule has 0 saturated heterocycles. The van der Waals surface area contributed by atoms with Gasteiger partial charge in [0, 0.05) is 5.56 Å². The van der Waals surface area contributed by atoms with Gasteiger partial charge in [-0.15, -0.1) is 0 Å². The van der Waals surface area contributed by atoms with Gasteiger partial charge in [-0.2, -0.15) is 0 Å². The van der Waals surface area contributed by atoms with E-state index in [1.165, 1.54) is 6.20 Å². The maximum absolute atomic E-state index is 9.22. The van der Waals surface area contributed by atoms with Gasteiger partial charge in [0.1, 0.15) is 11.5 Å². The van der Waals surface area contributed by atoms with Crippen molar-refractivity contribution in [2.45, 2.75) is 20.0 Å². The van der Waals surface area contributed by atoms with Gasteiger partial charge in [0.15, 0.2) is 0 Å². The molecule has 0 saturated carbocycles. The predicted molar refractivity (Wildman–Crippen MR) is 67.1 cm³/mol. The molecule has 0 radical (unpaired) electrons. The molecule has 0 spiro atoms. The molecule has 0 bridgehead atoms. The number of benzene rings is 1. The first kappa shape index (κ1) is 11.5. The van der Waals surface area contributed by atoms with Gasteiger partial charge < -0.3 is 9.84 Å². The summed E-state index contributed by atoms with van der Waals surface area (Å²) in [6.45, 7) is 3.97. The van der Waals surface area contributed by atoms with Crippen molar-refractivity contribution in [1.29, 1.82) is 0 Å². The zero-order chi connectivity index (χ0) is 12.3. The molecule has 1 aromatic carbocycles. The minimum atomic E-state index is 0.119. The second kappa shape index (κ2) is 4.87. The molecule has 0 aliphatic carbocycles. The molecule has 1 aromatic heterocycles. The third-order valence-corrected chi connectivity index (χ3v) is 2.27. The second-order valence-electron chi connectivity index (χ2n) is 4.06. The largest absolute Gasteiger partial charge is 0.506 e. The number of hydrogen-bond acceptors (Lipinski definition) is 3. The van der Waals surface area contributed by atoms with Crippen LogP contribution in [0, 0.1) is 0 Å². The van der Waals surface area contributed by atoms with Crippen LogP contribution in [0.4, 0.5) is 0 Å². The standard InChI is InChI=1S/C14H15NO2/c1-10(2)17-14-6-4-3-5-12(14)13-8-7-11(16)9-15-13/h3-10,16H,1-2H3. The van der Waals surface area contributed by atoms with Crippen molar-refractivity contribution in [3.8, 4) is 22.8 Å². The summed E-state index contributed by atoms with van der Waals surface area (Å²) in [5.74, 6) is 0.969. The third-order valence-electron chi connectivity index (χ3n) is 2.27. The Labute approximate surface area is 101 Å². The highest BCUT2D eigenvalue weighted by molar-refractivity contribution is 5.67. The highest BCUT2D eigenvalue weighted by Crippen LogP contribution is 2.29. The van der Waals surface area contributed by atoms with Crippen molar-refractivity contribution in [1.82, 2.24) is 4.98 Å². The van der Waals surface area contributed by atoms with E-state index in [0.29, 0.717) is 0 Å². The van der Waals surface area contributed by atoms with Crippen molar-refractivity contribution in [2.24, 2.45) is 0 Å².